The standard InChI is InChI=1S/C14H10N2O.Tl/c17-8-10-1-3-11(4-2-10)12-5-6-13-14(7-12)16-9-15-13;/h1-9H,(H,15,16,17);/q;+1/p-1. The number of aromatic nitrogens is 2. The molecule has 0 radical (unpaired) electrons. The molecule has 84 valence electrons. The van der Waals surface area contributed by atoms with Gasteiger partial charge in [0.2, 0.25) is 0 Å². The normalized spacial score (nSPS) is 10.6. The third-order valence-electron chi connectivity index (χ3n) is 2.95. The van der Waals surface area contributed by atoms with Gasteiger partial charge in [0.25, 0.3) is 0 Å². The zero-order valence-corrected chi connectivity index (χ0v) is 14.1. The number of hydrogen-bond acceptors (Lipinski definition) is 2. The van der Waals surface area contributed by atoms with Crippen molar-refractivity contribution < 1.29 is 4.79 Å². The van der Waals surface area contributed by atoms with Gasteiger partial charge < -0.3 is 0 Å². The van der Waals surface area contributed by atoms with E-state index in [2.05, 4.69) is 19.5 Å². The van der Waals surface area contributed by atoms with Crippen molar-refractivity contribution in [3.8, 4) is 11.1 Å². The van der Waals surface area contributed by atoms with E-state index in [4.69, 9.17) is 0 Å². The summed E-state index contributed by atoms with van der Waals surface area (Å²) in [6.07, 6.45) is 2.75. The van der Waals surface area contributed by atoms with Gasteiger partial charge in [-0.25, -0.2) is 0 Å². The molecule has 18 heavy (non-hydrogen) atoms. The molecular weight excluding hydrogens is 417 g/mol. The van der Waals surface area contributed by atoms with Crippen LogP contribution in [0.3, 0.4) is 0 Å². The molecule has 2 aromatic carbocycles. The van der Waals surface area contributed by atoms with Crippen molar-refractivity contribution in [3.63, 3.8) is 0 Å². The fraction of sp³-hybridized carbons (Fsp3) is 0. The second-order valence-corrected chi connectivity index (χ2v) is 6.26. The van der Waals surface area contributed by atoms with Gasteiger partial charge in [0.05, 0.1) is 0 Å². The number of imidazole rings is 1. The molecule has 3 aromatic rings. The van der Waals surface area contributed by atoms with Crippen molar-refractivity contribution in [1.29, 1.82) is 0 Å². The molecule has 0 spiro atoms. The number of carbonyl (C=O) groups excluding carboxylic acids is 1. The van der Waals surface area contributed by atoms with Crippen molar-refractivity contribution >= 4 is 43.4 Å². The summed E-state index contributed by atoms with van der Waals surface area (Å²) in [5.41, 5.74) is 5.19. The van der Waals surface area contributed by atoms with Gasteiger partial charge in [0, 0.05) is 0 Å². The maximum absolute atomic E-state index is 10.6. The minimum absolute atomic E-state index is 0.703. The van der Waals surface area contributed by atoms with Gasteiger partial charge in [-0.3, -0.25) is 0 Å². The molecule has 0 saturated carbocycles. The Bertz CT molecular complexity index is 716. The van der Waals surface area contributed by atoms with Crippen molar-refractivity contribution in [2.24, 2.45) is 0 Å². The van der Waals surface area contributed by atoms with Gasteiger partial charge in [-0.1, -0.05) is 0 Å². The summed E-state index contributed by atoms with van der Waals surface area (Å²) in [7, 11) is 0. The third kappa shape index (κ3) is 1.98. The molecule has 0 atom stereocenters. The van der Waals surface area contributed by atoms with Crippen LogP contribution in [0.25, 0.3) is 22.2 Å². The second kappa shape index (κ2) is 4.64. The van der Waals surface area contributed by atoms with E-state index in [0.29, 0.717) is 31.6 Å². The van der Waals surface area contributed by atoms with Crippen LogP contribution in [0, 0.1) is 0 Å². The number of rotatable bonds is 2. The first-order valence-electron chi connectivity index (χ1n) is 5.56. The van der Waals surface area contributed by atoms with Crippen LogP contribution < -0.4 is 0 Å². The van der Waals surface area contributed by atoms with Crippen LogP contribution in [0.4, 0.5) is 0 Å². The SMILES string of the molecule is O=Cc1ccc(-c2ccc3nc[n]([Tl])c3c2)cc1. The quantitative estimate of drug-likeness (QED) is 0.467. The van der Waals surface area contributed by atoms with Gasteiger partial charge in [-0.2, -0.15) is 0 Å². The Morgan fingerprint density at radius 1 is 1.06 bits per heavy atom. The Labute approximate surface area is 121 Å². The van der Waals surface area contributed by atoms with Crippen LogP contribution in [-0.4, -0.2) is 39.7 Å². The molecule has 4 heteroatoms. The molecule has 0 aliphatic rings. The van der Waals surface area contributed by atoms with Crippen molar-refractivity contribution in [1.82, 2.24) is 7.36 Å². The van der Waals surface area contributed by atoms with E-state index in [9.17, 15) is 4.79 Å². The molecular formula is C14H9N2OTl. The Morgan fingerprint density at radius 3 is 2.50 bits per heavy atom. The van der Waals surface area contributed by atoms with Crippen LogP contribution >= 0.6 is 0 Å². The third-order valence-corrected chi connectivity index (χ3v) is 4.55. The number of nitrogens with zero attached hydrogens (tertiary/aromatic N) is 2. The predicted molar refractivity (Wildman–Crippen MR) is 71.7 cm³/mol. The molecule has 0 N–H and O–H groups in total. The van der Waals surface area contributed by atoms with E-state index >= 15 is 0 Å². The van der Waals surface area contributed by atoms with Gasteiger partial charge in [0.15, 0.2) is 0 Å². The van der Waals surface area contributed by atoms with Gasteiger partial charge >= 0.3 is 121 Å². The van der Waals surface area contributed by atoms with E-state index in [1.54, 1.807) is 0 Å². The summed E-state index contributed by atoms with van der Waals surface area (Å²) in [6, 6.07) is 13.9. The van der Waals surface area contributed by atoms with E-state index in [1.165, 1.54) is 5.52 Å². The molecule has 0 aliphatic carbocycles. The number of carbonyl (C=O) groups is 1. The van der Waals surface area contributed by atoms with Crippen LogP contribution in [0.2, 0.25) is 0 Å². The minimum atomic E-state index is 0.703. The molecule has 0 bridgehead atoms. The van der Waals surface area contributed by atoms with E-state index < -0.39 is 0 Å². The second-order valence-electron chi connectivity index (χ2n) is 4.10. The zero-order valence-electron chi connectivity index (χ0n) is 9.58. The molecule has 0 amide bonds. The van der Waals surface area contributed by atoms with Gasteiger partial charge in [-0.15, -0.1) is 0 Å². The fourth-order valence-corrected chi connectivity index (χ4v) is 3.02. The van der Waals surface area contributed by atoms with Crippen LogP contribution in [-0.2, 0) is 0 Å². The average Bonchev–Trinajstić information content (AvgIpc) is 2.80. The summed E-state index contributed by atoms with van der Waals surface area (Å²) in [5, 5.41) is 0. The van der Waals surface area contributed by atoms with Gasteiger partial charge in [0.1, 0.15) is 0 Å². The Hall–Kier alpha value is -1.50. The monoisotopic (exact) mass is 426 g/mol. The first-order valence-corrected chi connectivity index (χ1v) is 7.56. The summed E-state index contributed by atoms with van der Waals surface area (Å²) in [5.74, 6) is 0. The van der Waals surface area contributed by atoms with Crippen LogP contribution in [0.15, 0.2) is 48.8 Å². The fourth-order valence-electron chi connectivity index (χ4n) is 1.96. The molecule has 0 aliphatic heterocycles. The summed E-state index contributed by atoms with van der Waals surface area (Å²) in [4.78, 5) is 15.0. The van der Waals surface area contributed by atoms with Gasteiger partial charge in [-0.05, 0) is 0 Å². The summed E-state index contributed by atoms with van der Waals surface area (Å²) < 4.78 is 2.17. The summed E-state index contributed by atoms with van der Waals surface area (Å²) >= 11 is 0.715. The first-order chi connectivity index (χ1) is 8.78. The molecule has 1 aromatic heterocycles. The van der Waals surface area contributed by atoms with Crippen molar-refractivity contribution in [3.05, 3.63) is 54.4 Å². The Kier molecular flexibility index (Phi) is 2.99. The first kappa shape index (κ1) is 11.6. The number of benzene rings is 2. The molecule has 3 nitrogen and oxygen atoms in total. The topological polar surface area (TPSA) is 34.9 Å². The predicted octanol–water partition coefficient (Wildman–Crippen LogP) is 2.45. The van der Waals surface area contributed by atoms with E-state index in [0.717, 1.165) is 22.9 Å². The molecule has 1 heterocycles. The maximum atomic E-state index is 10.6. The van der Waals surface area contributed by atoms with Crippen molar-refractivity contribution in [2.45, 2.75) is 0 Å². The molecule has 3 rings (SSSR count). The summed E-state index contributed by atoms with van der Waals surface area (Å²) in [6.45, 7) is 0. The average molecular weight is 426 g/mol. The van der Waals surface area contributed by atoms with Crippen LogP contribution in [0.1, 0.15) is 10.4 Å². The number of fused-ring (bicyclic) bond motifs is 1. The number of aldehydes is 1. The molecule has 0 saturated heterocycles. The molecule has 0 fully saturated rings. The van der Waals surface area contributed by atoms with Crippen LogP contribution in [0.5, 0.6) is 0 Å². The number of hydrogen-bond donors (Lipinski definition) is 0. The van der Waals surface area contributed by atoms with E-state index in [1.807, 2.05) is 36.7 Å². The van der Waals surface area contributed by atoms with Crippen molar-refractivity contribution in [2.75, 3.05) is 0 Å². The Morgan fingerprint density at radius 2 is 1.78 bits per heavy atom. The zero-order chi connectivity index (χ0) is 12.5. The Balaban J connectivity index is 2.12. The van der Waals surface area contributed by atoms with E-state index in [-0.39, 0.29) is 0 Å². The molecule has 0 unspecified atom stereocenters.